The fraction of sp³-hybridized carbons (Fsp3) is 0.417. The van der Waals surface area contributed by atoms with Crippen LogP contribution in [0.3, 0.4) is 0 Å². The van der Waals surface area contributed by atoms with Gasteiger partial charge in [0.2, 0.25) is 5.91 Å². The van der Waals surface area contributed by atoms with Gasteiger partial charge in [-0.25, -0.2) is 4.98 Å². The second kappa shape index (κ2) is 7.58. The number of nitrogens with zero attached hydrogens (tertiary/aromatic N) is 1. The number of likely N-dealkylation sites (N-methyl/N-ethyl adjacent to an activating group) is 1. The number of hydrogen-bond donors (Lipinski definition) is 3. The van der Waals surface area contributed by atoms with Crippen LogP contribution in [0.2, 0.25) is 5.15 Å². The van der Waals surface area contributed by atoms with E-state index in [4.69, 9.17) is 11.6 Å². The summed E-state index contributed by atoms with van der Waals surface area (Å²) in [5, 5.41) is 8.30. The second-order valence-corrected chi connectivity index (χ2v) is 4.12. The molecular weight excluding hydrogens is 268 g/mol. The van der Waals surface area contributed by atoms with Crippen molar-refractivity contribution in [1.82, 2.24) is 15.6 Å². The lowest BCUT2D eigenvalue weighted by atomic mass is 10.2. The maximum absolute atomic E-state index is 11.9. The van der Waals surface area contributed by atoms with Gasteiger partial charge >= 0.3 is 0 Å². The van der Waals surface area contributed by atoms with Crippen molar-refractivity contribution in [2.75, 3.05) is 25.0 Å². The molecule has 1 rings (SSSR count). The highest BCUT2D eigenvalue weighted by Gasteiger charge is 2.10. The van der Waals surface area contributed by atoms with Crippen molar-refractivity contribution < 1.29 is 9.59 Å². The molecule has 1 aromatic heterocycles. The van der Waals surface area contributed by atoms with Crippen LogP contribution < -0.4 is 16.0 Å². The van der Waals surface area contributed by atoms with Crippen molar-refractivity contribution in [2.45, 2.75) is 13.8 Å². The van der Waals surface area contributed by atoms with E-state index in [9.17, 15) is 9.59 Å². The molecule has 0 aliphatic carbocycles. The lowest BCUT2D eigenvalue weighted by Crippen LogP contribution is -2.36. The van der Waals surface area contributed by atoms with Gasteiger partial charge in [-0.05, 0) is 26.0 Å². The van der Waals surface area contributed by atoms with Gasteiger partial charge in [-0.3, -0.25) is 9.59 Å². The van der Waals surface area contributed by atoms with Gasteiger partial charge in [-0.2, -0.15) is 0 Å². The van der Waals surface area contributed by atoms with Crippen molar-refractivity contribution in [3.8, 4) is 0 Å². The molecule has 6 nitrogen and oxygen atoms in total. The number of pyridine rings is 1. The number of nitrogens with one attached hydrogen (secondary N) is 3. The van der Waals surface area contributed by atoms with E-state index in [0.717, 1.165) is 0 Å². The summed E-state index contributed by atoms with van der Waals surface area (Å²) in [5.74, 6) is -0.0734. The molecule has 0 saturated carbocycles. The minimum absolute atomic E-state index is 0.0663. The molecule has 0 aliphatic heterocycles. The summed E-state index contributed by atoms with van der Waals surface area (Å²) in [5.41, 5.74) is 0.361. The quantitative estimate of drug-likeness (QED) is 0.682. The highest BCUT2D eigenvalue weighted by molar-refractivity contribution is 6.29. The third kappa shape index (κ3) is 5.13. The average Bonchev–Trinajstić information content (AvgIpc) is 2.36. The Labute approximate surface area is 116 Å². The number of anilines is 1. The molecule has 0 bridgehead atoms. The number of amides is 2. The Bertz CT molecular complexity index is 465. The van der Waals surface area contributed by atoms with Gasteiger partial charge in [-0.15, -0.1) is 0 Å². The van der Waals surface area contributed by atoms with Gasteiger partial charge in [-0.1, -0.05) is 11.6 Å². The minimum atomic E-state index is -0.366. The standard InChI is InChI=1S/C12H17ClN4O2/c1-3-14-10-6-8(5-9(13)17-10)12(19)16-7-11(18)15-4-2/h5-6H,3-4,7H2,1-2H3,(H,14,17)(H,15,18)(H,16,19). The molecule has 0 aromatic carbocycles. The molecule has 19 heavy (non-hydrogen) atoms. The molecule has 1 heterocycles. The Balaban J connectivity index is 2.68. The first-order chi connectivity index (χ1) is 9.06. The van der Waals surface area contributed by atoms with Crippen LogP contribution >= 0.6 is 11.6 Å². The summed E-state index contributed by atoms with van der Waals surface area (Å²) < 4.78 is 0. The van der Waals surface area contributed by atoms with E-state index in [1.807, 2.05) is 13.8 Å². The number of carbonyl (C=O) groups is 2. The van der Waals surface area contributed by atoms with Gasteiger partial charge in [0, 0.05) is 18.7 Å². The Morgan fingerprint density at radius 1 is 1.21 bits per heavy atom. The van der Waals surface area contributed by atoms with Crippen LogP contribution in [0.5, 0.6) is 0 Å². The molecule has 7 heteroatoms. The number of halogens is 1. The SMILES string of the molecule is CCNC(=O)CNC(=O)c1cc(Cl)nc(NCC)c1. The Hall–Kier alpha value is -1.82. The zero-order chi connectivity index (χ0) is 14.3. The molecule has 0 radical (unpaired) electrons. The molecule has 0 fully saturated rings. The third-order valence-corrected chi connectivity index (χ3v) is 2.39. The number of hydrogen-bond acceptors (Lipinski definition) is 4. The van der Waals surface area contributed by atoms with Crippen LogP contribution in [-0.4, -0.2) is 36.4 Å². The summed E-state index contributed by atoms with van der Waals surface area (Å²) in [6.45, 7) is 4.86. The van der Waals surface area contributed by atoms with Crippen molar-refractivity contribution in [3.05, 3.63) is 22.8 Å². The Morgan fingerprint density at radius 2 is 1.95 bits per heavy atom. The minimum Gasteiger partial charge on any atom is -0.370 e. The molecule has 0 atom stereocenters. The van der Waals surface area contributed by atoms with Gasteiger partial charge in [0.15, 0.2) is 0 Å². The first-order valence-electron chi connectivity index (χ1n) is 6.03. The predicted octanol–water partition coefficient (Wildman–Crippen LogP) is 1.03. The van der Waals surface area contributed by atoms with Crippen molar-refractivity contribution >= 4 is 29.2 Å². The molecule has 2 amide bonds. The fourth-order valence-electron chi connectivity index (χ4n) is 1.42. The van der Waals surface area contributed by atoms with E-state index >= 15 is 0 Å². The lowest BCUT2D eigenvalue weighted by Gasteiger charge is -2.08. The molecule has 3 N–H and O–H groups in total. The van der Waals surface area contributed by atoms with E-state index < -0.39 is 0 Å². The molecule has 0 spiro atoms. The monoisotopic (exact) mass is 284 g/mol. The Morgan fingerprint density at radius 3 is 2.58 bits per heavy atom. The number of aromatic nitrogens is 1. The predicted molar refractivity (Wildman–Crippen MR) is 74.4 cm³/mol. The normalized spacial score (nSPS) is 9.84. The topological polar surface area (TPSA) is 83.1 Å². The highest BCUT2D eigenvalue weighted by Crippen LogP contribution is 2.14. The maximum Gasteiger partial charge on any atom is 0.251 e. The van der Waals surface area contributed by atoms with Gasteiger partial charge < -0.3 is 16.0 Å². The lowest BCUT2D eigenvalue weighted by molar-refractivity contribution is -0.120. The number of rotatable bonds is 6. The van der Waals surface area contributed by atoms with Crippen molar-refractivity contribution in [3.63, 3.8) is 0 Å². The van der Waals surface area contributed by atoms with Gasteiger partial charge in [0.1, 0.15) is 11.0 Å². The van der Waals surface area contributed by atoms with E-state index in [0.29, 0.717) is 24.5 Å². The van der Waals surface area contributed by atoms with E-state index in [-0.39, 0.29) is 23.5 Å². The third-order valence-electron chi connectivity index (χ3n) is 2.20. The largest absolute Gasteiger partial charge is 0.370 e. The van der Waals surface area contributed by atoms with E-state index in [2.05, 4.69) is 20.9 Å². The summed E-state index contributed by atoms with van der Waals surface area (Å²) in [6, 6.07) is 3.04. The summed E-state index contributed by atoms with van der Waals surface area (Å²) >= 11 is 5.83. The van der Waals surface area contributed by atoms with Gasteiger partial charge in [0.25, 0.3) is 5.91 Å². The first kappa shape index (κ1) is 15.2. The van der Waals surface area contributed by atoms with E-state index in [1.165, 1.54) is 6.07 Å². The second-order valence-electron chi connectivity index (χ2n) is 3.73. The van der Waals surface area contributed by atoms with Crippen LogP contribution in [0.1, 0.15) is 24.2 Å². The maximum atomic E-state index is 11.9. The zero-order valence-corrected chi connectivity index (χ0v) is 11.7. The molecule has 0 unspecified atom stereocenters. The zero-order valence-electron chi connectivity index (χ0n) is 10.9. The van der Waals surface area contributed by atoms with Gasteiger partial charge in [0.05, 0.1) is 6.54 Å². The molecule has 1 aromatic rings. The smallest absolute Gasteiger partial charge is 0.251 e. The van der Waals surface area contributed by atoms with Crippen LogP contribution in [-0.2, 0) is 4.79 Å². The summed E-state index contributed by atoms with van der Waals surface area (Å²) in [7, 11) is 0. The van der Waals surface area contributed by atoms with Crippen LogP contribution in [0.4, 0.5) is 5.82 Å². The van der Waals surface area contributed by atoms with E-state index in [1.54, 1.807) is 6.07 Å². The van der Waals surface area contributed by atoms with Crippen molar-refractivity contribution in [1.29, 1.82) is 0 Å². The Kier molecular flexibility index (Phi) is 6.08. The highest BCUT2D eigenvalue weighted by atomic mass is 35.5. The van der Waals surface area contributed by atoms with Crippen LogP contribution in [0, 0.1) is 0 Å². The van der Waals surface area contributed by atoms with Crippen molar-refractivity contribution in [2.24, 2.45) is 0 Å². The summed E-state index contributed by atoms with van der Waals surface area (Å²) in [4.78, 5) is 27.1. The molecule has 0 aliphatic rings. The fourth-order valence-corrected chi connectivity index (χ4v) is 1.63. The average molecular weight is 285 g/mol. The van der Waals surface area contributed by atoms with Crippen LogP contribution in [0.25, 0.3) is 0 Å². The summed E-state index contributed by atoms with van der Waals surface area (Å²) in [6.07, 6.45) is 0. The molecule has 104 valence electrons. The van der Waals surface area contributed by atoms with Crippen LogP contribution in [0.15, 0.2) is 12.1 Å². The molecular formula is C12H17ClN4O2. The number of carbonyl (C=O) groups excluding carboxylic acids is 2. The first-order valence-corrected chi connectivity index (χ1v) is 6.41. The molecule has 0 saturated heterocycles.